The van der Waals surface area contributed by atoms with Gasteiger partial charge in [-0.05, 0) is 60.7 Å². The van der Waals surface area contributed by atoms with Crippen LogP contribution in [0.1, 0.15) is 43.2 Å². The first kappa shape index (κ1) is 24.7. The van der Waals surface area contributed by atoms with Gasteiger partial charge in [-0.25, -0.2) is 0 Å². The lowest BCUT2D eigenvalue weighted by atomic mass is 9.92. The number of hydrogen-bond donors (Lipinski definition) is 1. The second-order valence-electron chi connectivity index (χ2n) is 10.0. The molecule has 1 aliphatic heterocycles. The van der Waals surface area contributed by atoms with Gasteiger partial charge in [-0.15, -0.1) is 0 Å². The Morgan fingerprint density at radius 1 is 0.971 bits per heavy atom. The van der Waals surface area contributed by atoms with Crippen molar-refractivity contribution in [2.24, 2.45) is 0 Å². The number of ether oxygens (including phenoxy) is 1. The van der Waals surface area contributed by atoms with E-state index in [4.69, 9.17) is 4.74 Å². The molecule has 4 nitrogen and oxygen atoms in total. The third kappa shape index (κ3) is 5.31. The lowest BCUT2D eigenvalue weighted by molar-refractivity contribution is -0.929. The number of rotatable bonds is 5. The highest BCUT2D eigenvalue weighted by atomic mass is 127. The minimum absolute atomic E-state index is 0. The average Bonchev–Trinajstić information content (AvgIpc) is 2.85. The number of quaternary nitrogens is 1. The van der Waals surface area contributed by atoms with Crippen molar-refractivity contribution in [3.8, 4) is 5.75 Å². The molecule has 5 heteroatoms. The first-order valence-corrected chi connectivity index (χ1v) is 12.1. The molecule has 1 fully saturated rings. The molecule has 0 aromatic heterocycles. The summed E-state index contributed by atoms with van der Waals surface area (Å²) in [6, 6.07) is 21.3. The molecule has 1 saturated carbocycles. The first-order chi connectivity index (χ1) is 16.0. The lowest BCUT2D eigenvalue weighted by Crippen LogP contribution is -3.00. The molecule has 0 saturated heterocycles. The van der Waals surface area contributed by atoms with Crippen LogP contribution in [0.5, 0.6) is 5.75 Å². The second-order valence-corrected chi connectivity index (χ2v) is 10.0. The van der Waals surface area contributed by atoms with Crippen molar-refractivity contribution >= 4 is 28.4 Å². The van der Waals surface area contributed by atoms with Crippen LogP contribution in [-0.2, 0) is 11.3 Å². The predicted octanol–water partition coefficient (Wildman–Crippen LogP) is 3.17. The maximum Gasteiger partial charge on any atom is 0.255 e. The third-order valence-corrected chi connectivity index (χ3v) is 7.29. The number of fused-ring (bicyclic) bond motifs is 3. The number of carbonyl (C=O) groups is 1. The van der Waals surface area contributed by atoms with E-state index < -0.39 is 0 Å². The number of carbonyl (C=O) groups excluding carboxylic acids is 1. The maximum atomic E-state index is 13.0. The Labute approximate surface area is 219 Å². The van der Waals surface area contributed by atoms with Gasteiger partial charge in [0.05, 0.1) is 25.7 Å². The second kappa shape index (κ2) is 10.5. The zero-order valence-electron chi connectivity index (χ0n) is 20.0. The van der Waals surface area contributed by atoms with Crippen molar-refractivity contribution in [2.45, 2.75) is 44.7 Å². The van der Waals surface area contributed by atoms with Gasteiger partial charge in [0, 0.05) is 16.8 Å². The van der Waals surface area contributed by atoms with Crippen LogP contribution in [0.4, 0.5) is 5.69 Å². The zero-order chi connectivity index (χ0) is 22.8. The van der Waals surface area contributed by atoms with Gasteiger partial charge in [0.15, 0.2) is 0 Å². The smallest absolute Gasteiger partial charge is 0.255 e. The number of anilines is 1. The molecule has 1 aliphatic carbocycles. The van der Waals surface area contributed by atoms with E-state index >= 15 is 0 Å². The molecule has 34 heavy (non-hydrogen) atoms. The summed E-state index contributed by atoms with van der Waals surface area (Å²) >= 11 is 0. The van der Waals surface area contributed by atoms with Gasteiger partial charge in [0.2, 0.25) is 0 Å². The molecule has 0 atom stereocenters. The van der Waals surface area contributed by atoms with Crippen LogP contribution in [-0.4, -0.2) is 37.1 Å². The number of hydrogen-bond acceptors (Lipinski definition) is 2. The number of nitrogens with one attached hydrogen (secondary N) is 1. The van der Waals surface area contributed by atoms with E-state index in [2.05, 4.69) is 49.7 Å². The van der Waals surface area contributed by atoms with Gasteiger partial charge in [-0.3, -0.25) is 4.79 Å². The number of benzene rings is 3. The van der Waals surface area contributed by atoms with Crippen molar-refractivity contribution < 1.29 is 38.0 Å². The largest absolute Gasteiger partial charge is 1.00 e. The molecule has 5 rings (SSSR count). The Bertz CT molecular complexity index is 1190. The molecule has 3 aromatic carbocycles. The van der Waals surface area contributed by atoms with Crippen LogP contribution in [0, 0.1) is 0 Å². The van der Waals surface area contributed by atoms with Gasteiger partial charge in [0.25, 0.3) is 5.91 Å². The Morgan fingerprint density at radius 3 is 2.47 bits per heavy atom. The normalized spacial score (nSPS) is 16.1. The van der Waals surface area contributed by atoms with Crippen molar-refractivity contribution in [3.05, 3.63) is 77.4 Å². The fourth-order valence-electron chi connectivity index (χ4n) is 5.34. The minimum Gasteiger partial charge on any atom is -1.00 e. The first-order valence-electron chi connectivity index (χ1n) is 12.1. The van der Waals surface area contributed by atoms with E-state index in [1.54, 1.807) is 0 Å². The molecule has 3 aromatic rings. The number of amides is 1. The molecule has 0 radical (unpaired) electrons. The zero-order valence-corrected chi connectivity index (χ0v) is 22.2. The highest BCUT2D eigenvalue weighted by molar-refractivity contribution is 6.09. The van der Waals surface area contributed by atoms with Gasteiger partial charge in [-0.1, -0.05) is 48.9 Å². The van der Waals surface area contributed by atoms with Crippen LogP contribution >= 0.6 is 0 Å². The number of halogens is 1. The molecule has 1 amide bonds. The van der Waals surface area contributed by atoms with E-state index in [1.807, 2.05) is 36.4 Å². The molecule has 2 aliphatic rings. The summed E-state index contributed by atoms with van der Waals surface area (Å²) in [5.41, 5.74) is 3.74. The Kier molecular flexibility index (Phi) is 7.63. The van der Waals surface area contributed by atoms with E-state index in [-0.39, 0.29) is 36.5 Å². The summed E-state index contributed by atoms with van der Waals surface area (Å²) in [6.45, 7) is 1.30. The molecule has 0 spiro atoms. The van der Waals surface area contributed by atoms with Crippen LogP contribution < -0.4 is 34.0 Å². The van der Waals surface area contributed by atoms with Crippen LogP contribution in [0.2, 0.25) is 0 Å². The summed E-state index contributed by atoms with van der Waals surface area (Å²) in [6.07, 6.45) is 8.73. The summed E-state index contributed by atoms with van der Waals surface area (Å²) < 4.78 is 6.93. The maximum absolute atomic E-state index is 13.0. The Hall–Kier alpha value is -2.38. The SMILES string of the molecule is C[N+](C)(Cc1ccc(NC(=O)C2=Cc3c(ccc4ccccc34)OC2)cc1)C1CCCCC1.[I-]. The molecule has 1 heterocycles. The van der Waals surface area contributed by atoms with Crippen molar-refractivity contribution in [2.75, 3.05) is 26.0 Å². The van der Waals surface area contributed by atoms with E-state index in [0.717, 1.165) is 44.8 Å². The fraction of sp³-hybridized carbons (Fsp3) is 0.345. The molecule has 0 unspecified atom stereocenters. The Balaban J connectivity index is 0.00000274. The van der Waals surface area contributed by atoms with Crippen molar-refractivity contribution in [3.63, 3.8) is 0 Å². The highest BCUT2D eigenvalue weighted by Gasteiger charge is 2.29. The summed E-state index contributed by atoms with van der Waals surface area (Å²) in [4.78, 5) is 13.0. The van der Waals surface area contributed by atoms with Crippen LogP contribution in [0.25, 0.3) is 16.8 Å². The quantitative estimate of drug-likeness (QED) is 0.380. The van der Waals surface area contributed by atoms with E-state index in [1.165, 1.54) is 37.7 Å². The van der Waals surface area contributed by atoms with E-state index in [9.17, 15) is 4.79 Å². The lowest BCUT2D eigenvalue weighted by Gasteiger charge is -2.40. The van der Waals surface area contributed by atoms with Crippen LogP contribution in [0.15, 0.2) is 66.2 Å². The summed E-state index contributed by atoms with van der Waals surface area (Å²) in [5.74, 6) is 0.716. The predicted molar refractivity (Wildman–Crippen MR) is 135 cm³/mol. The molecule has 1 N–H and O–H groups in total. The topological polar surface area (TPSA) is 38.3 Å². The van der Waals surface area contributed by atoms with E-state index in [0.29, 0.717) is 5.57 Å². The molecule has 0 bridgehead atoms. The Morgan fingerprint density at radius 2 is 1.71 bits per heavy atom. The monoisotopic (exact) mass is 568 g/mol. The van der Waals surface area contributed by atoms with Gasteiger partial charge >= 0.3 is 0 Å². The minimum atomic E-state index is -0.111. The van der Waals surface area contributed by atoms with Gasteiger partial charge < -0.3 is 38.5 Å². The van der Waals surface area contributed by atoms with Crippen LogP contribution in [0.3, 0.4) is 0 Å². The average molecular weight is 568 g/mol. The van der Waals surface area contributed by atoms with Gasteiger partial charge in [-0.2, -0.15) is 0 Å². The standard InChI is InChI=1S/C29H32N2O2.HI/c1-31(2,25-9-4-3-5-10-25)19-21-12-15-24(16-13-21)30-29(32)23-18-27-26-11-7-6-8-22(26)14-17-28(27)33-20-23;/h6-8,11-18,25H,3-5,9-10,19-20H2,1-2H3;1H. The van der Waals surface area contributed by atoms with Gasteiger partial charge in [0.1, 0.15) is 18.9 Å². The molecular formula is C29H33IN2O2. The molecule has 178 valence electrons. The third-order valence-electron chi connectivity index (χ3n) is 7.29. The van der Waals surface area contributed by atoms with Crippen molar-refractivity contribution in [1.29, 1.82) is 0 Å². The fourth-order valence-corrected chi connectivity index (χ4v) is 5.34. The van der Waals surface area contributed by atoms with Crippen molar-refractivity contribution in [1.82, 2.24) is 0 Å². The number of nitrogens with zero attached hydrogens (tertiary/aromatic N) is 1. The highest BCUT2D eigenvalue weighted by Crippen LogP contribution is 2.33. The summed E-state index contributed by atoms with van der Waals surface area (Å²) in [7, 11) is 4.70. The summed E-state index contributed by atoms with van der Waals surface area (Å²) in [5, 5.41) is 5.29. The molecular weight excluding hydrogens is 535 g/mol.